The number of piperidine rings is 1. The number of aromatic nitrogens is 3. The summed E-state index contributed by atoms with van der Waals surface area (Å²) in [5, 5.41) is 7.68. The van der Waals surface area contributed by atoms with Crippen molar-refractivity contribution in [2.75, 3.05) is 19.7 Å². The van der Waals surface area contributed by atoms with Crippen LogP contribution in [0.4, 0.5) is 4.79 Å². The topological polar surface area (TPSA) is 111 Å². The zero-order valence-corrected chi connectivity index (χ0v) is 17.3. The van der Waals surface area contributed by atoms with Crippen LogP contribution in [0, 0.1) is 13.8 Å². The highest BCUT2D eigenvalue weighted by Gasteiger charge is 2.23. The number of nitrogens with one attached hydrogen (secondary N) is 1. The van der Waals surface area contributed by atoms with Crippen LogP contribution in [0.15, 0.2) is 29.4 Å². The summed E-state index contributed by atoms with van der Waals surface area (Å²) >= 11 is 0. The molecule has 0 saturated carbocycles. The summed E-state index contributed by atoms with van der Waals surface area (Å²) < 4.78 is 6.86. The average Bonchev–Trinajstić information content (AvgIpc) is 3.05. The van der Waals surface area contributed by atoms with E-state index in [1.165, 1.54) is 0 Å². The van der Waals surface area contributed by atoms with Crippen molar-refractivity contribution in [3.05, 3.63) is 41.3 Å². The molecule has 156 valence electrons. The molecular weight excluding hydrogens is 370 g/mol. The molecule has 1 aliphatic heterocycles. The van der Waals surface area contributed by atoms with Crippen molar-refractivity contribution in [1.29, 1.82) is 0 Å². The minimum Gasteiger partial charge on any atom is -0.450 e. The number of nitrogens with zero attached hydrogens (tertiary/aromatic N) is 5. The molecule has 0 radical (unpaired) electrons. The Hall–Kier alpha value is -3.10. The van der Waals surface area contributed by atoms with Gasteiger partial charge in [-0.3, -0.25) is 0 Å². The van der Waals surface area contributed by atoms with Crippen molar-refractivity contribution in [3.63, 3.8) is 0 Å². The maximum Gasteiger partial charge on any atom is 0.409 e. The second kappa shape index (κ2) is 9.40. The second-order valence-corrected chi connectivity index (χ2v) is 7.17. The van der Waals surface area contributed by atoms with E-state index < -0.39 is 0 Å². The van der Waals surface area contributed by atoms with Gasteiger partial charge in [0.25, 0.3) is 0 Å². The Labute approximate surface area is 171 Å². The van der Waals surface area contributed by atoms with Gasteiger partial charge in [-0.2, -0.15) is 5.10 Å². The Morgan fingerprint density at radius 2 is 2.10 bits per heavy atom. The number of hydrogen-bond acceptors (Lipinski definition) is 5. The number of likely N-dealkylation sites (tertiary alicyclic amines) is 1. The normalized spacial score (nSPS) is 15.4. The second-order valence-electron chi connectivity index (χ2n) is 7.17. The highest BCUT2D eigenvalue weighted by Crippen LogP contribution is 2.12. The van der Waals surface area contributed by atoms with Gasteiger partial charge in [0.05, 0.1) is 18.8 Å². The lowest BCUT2D eigenvalue weighted by molar-refractivity contribution is 0.0963. The van der Waals surface area contributed by atoms with Gasteiger partial charge < -0.3 is 20.7 Å². The Morgan fingerprint density at radius 3 is 2.69 bits per heavy atom. The molecule has 2 aromatic heterocycles. The molecule has 0 spiro atoms. The van der Waals surface area contributed by atoms with Gasteiger partial charge in [0.1, 0.15) is 0 Å². The summed E-state index contributed by atoms with van der Waals surface area (Å²) in [4.78, 5) is 22.4. The van der Waals surface area contributed by atoms with Crippen molar-refractivity contribution in [2.24, 2.45) is 10.7 Å². The number of rotatable bonds is 5. The van der Waals surface area contributed by atoms with Gasteiger partial charge in [0.15, 0.2) is 11.8 Å². The number of guanidine groups is 1. The number of nitrogens with two attached hydrogens (primary N) is 1. The molecule has 0 bridgehead atoms. The first kappa shape index (κ1) is 20.6. The van der Waals surface area contributed by atoms with Crippen LogP contribution < -0.4 is 11.1 Å². The first-order valence-electron chi connectivity index (χ1n) is 9.93. The van der Waals surface area contributed by atoms with Gasteiger partial charge in [-0.25, -0.2) is 19.5 Å². The van der Waals surface area contributed by atoms with Gasteiger partial charge in [-0.05, 0) is 51.3 Å². The summed E-state index contributed by atoms with van der Waals surface area (Å²) in [6.07, 6.45) is 3.17. The SMILES string of the molecule is CCOC(=O)N1CCC(NC(N)=NCc2ccc(-n3nc(C)cc3C)nc2)CC1. The average molecular weight is 399 g/mol. The first-order chi connectivity index (χ1) is 14.0. The van der Waals surface area contributed by atoms with Crippen LogP contribution in [-0.4, -0.2) is 57.5 Å². The molecule has 1 saturated heterocycles. The third kappa shape index (κ3) is 5.46. The minimum absolute atomic E-state index is 0.205. The van der Waals surface area contributed by atoms with Crippen molar-refractivity contribution >= 4 is 12.1 Å². The number of aryl methyl sites for hydroxylation is 2. The van der Waals surface area contributed by atoms with Gasteiger partial charge in [0, 0.05) is 31.0 Å². The smallest absolute Gasteiger partial charge is 0.409 e. The molecule has 2 aromatic rings. The van der Waals surface area contributed by atoms with E-state index in [9.17, 15) is 4.79 Å². The fraction of sp³-hybridized carbons (Fsp3) is 0.500. The summed E-state index contributed by atoms with van der Waals surface area (Å²) in [6, 6.07) is 6.13. The molecular formula is C20H29N7O2. The Morgan fingerprint density at radius 1 is 1.34 bits per heavy atom. The van der Waals surface area contributed by atoms with Crippen LogP contribution in [0.3, 0.4) is 0 Å². The number of ether oxygens (including phenoxy) is 1. The Balaban J connectivity index is 1.49. The molecule has 29 heavy (non-hydrogen) atoms. The van der Waals surface area contributed by atoms with E-state index in [4.69, 9.17) is 10.5 Å². The maximum absolute atomic E-state index is 11.7. The van der Waals surface area contributed by atoms with Crippen molar-refractivity contribution < 1.29 is 9.53 Å². The van der Waals surface area contributed by atoms with E-state index in [1.54, 1.807) is 11.1 Å². The Bertz CT molecular complexity index is 852. The van der Waals surface area contributed by atoms with E-state index in [2.05, 4.69) is 20.4 Å². The monoisotopic (exact) mass is 399 g/mol. The van der Waals surface area contributed by atoms with Crippen molar-refractivity contribution in [3.8, 4) is 5.82 Å². The quantitative estimate of drug-likeness (QED) is 0.587. The lowest BCUT2D eigenvalue weighted by atomic mass is 10.1. The molecule has 9 heteroatoms. The van der Waals surface area contributed by atoms with Crippen LogP contribution in [-0.2, 0) is 11.3 Å². The molecule has 1 fully saturated rings. The van der Waals surface area contributed by atoms with E-state index >= 15 is 0 Å². The largest absolute Gasteiger partial charge is 0.450 e. The van der Waals surface area contributed by atoms with E-state index in [-0.39, 0.29) is 12.1 Å². The molecule has 3 heterocycles. The van der Waals surface area contributed by atoms with Crippen molar-refractivity contribution in [1.82, 2.24) is 25.0 Å². The van der Waals surface area contributed by atoms with Crippen LogP contribution in [0.5, 0.6) is 0 Å². The molecule has 1 amide bonds. The molecule has 3 rings (SSSR count). The fourth-order valence-corrected chi connectivity index (χ4v) is 3.35. The standard InChI is InChI=1S/C20H29N7O2/c1-4-29-20(28)26-9-7-17(8-10-26)24-19(21)23-13-16-5-6-18(22-12-16)27-15(3)11-14(2)25-27/h5-6,11-12,17H,4,7-10,13H2,1-3H3,(H3,21,23,24). The third-order valence-corrected chi connectivity index (χ3v) is 4.84. The molecule has 9 nitrogen and oxygen atoms in total. The predicted molar refractivity (Wildman–Crippen MR) is 111 cm³/mol. The maximum atomic E-state index is 11.7. The van der Waals surface area contributed by atoms with Crippen molar-refractivity contribution in [2.45, 2.75) is 46.2 Å². The highest BCUT2D eigenvalue weighted by atomic mass is 16.6. The fourth-order valence-electron chi connectivity index (χ4n) is 3.35. The molecule has 1 aliphatic rings. The summed E-state index contributed by atoms with van der Waals surface area (Å²) in [5.41, 5.74) is 9.01. The molecule has 0 aromatic carbocycles. The number of hydrogen-bond donors (Lipinski definition) is 2. The van der Waals surface area contributed by atoms with E-state index in [0.717, 1.165) is 35.6 Å². The van der Waals surface area contributed by atoms with Crippen LogP contribution in [0.1, 0.15) is 36.7 Å². The number of aliphatic imine (C=N–C) groups is 1. The molecule has 0 unspecified atom stereocenters. The number of pyridine rings is 1. The zero-order chi connectivity index (χ0) is 20.8. The number of carbonyl (C=O) groups excluding carboxylic acids is 1. The summed E-state index contributed by atoms with van der Waals surface area (Å²) in [5.74, 6) is 1.19. The van der Waals surface area contributed by atoms with Gasteiger partial charge >= 0.3 is 6.09 Å². The first-order valence-corrected chi connectivity index (χ1v) is 9.93. The van der Waals surface area contributed by atoms with Gasteiger partial charge in [0.2, 0.25) is 0 Å². The highest BCUT2D eigenvalue weighted by molar-refractivity contribution is 5.78. The number of amides is 1. The van der Waals surface area contributed by atoms with Crippen LogP contribution in [0.2, 0.25) is 0 Å². The lowest BCUT2D eigenvalue weighted by Crippen LogP contribution is -2.48. The third-order valence-electron chi connectivity index (χ3n) is 4.84. The molecule has 3 N–H and O–H groups in total. The lowest BCUT2D eigenvalue weighted by Gasteiger charge is -2.31. The van der Waals surface area contributed by atoms with Crippen LogP contribution in [0.25, 0.3) is 5.82 Å². The predicted octanol–water partition coefficient (Wildman–Crippen LogP) is 1.91. The molecule has 0 aliphatic carbocycles. The van der Waals surface area contributed by atoms with E-state index in [1.807, 2.05) is 43.7 Å². The summed E-state index contributed by atoms with van der Waals surface area (Å²) in [6.45, 7) is 7.93. The van der Waals surface area contributed by atoms with Gasteiger partial charge in [-0.15, -0.1) is 0 Å². The number of carbonyl (C=O) groups is 1. The van der Waals surface area contributed by atoms with Crippen LogP contribution >= 0.6 is 0 Å². The minimum atomic E-state index is -0.246. The van der Waals surface area contributed by atoms with E-state index in [0.29, 0.717) is 32.2 Å². The molecule has 0 atom stereocenters. The Kier molecular flexibility index (Phi) is 6.69. The van der Waals surface area contributed by atoms with Gasteiger partial charge in [-0.1, -0.05) is 6.07 Å². The zero-order valence-electron chi connectivity index (χ0n) is 17.3. The summed E-state index contributed by atoms with van der Waals surface area (Å²) in [7, 11) is 0.